The topological polar surface area (TPSA) is 231 Å². The highest BCUT2D eigenvalue weighted by Gasteiger charge is 2.30. The third kappa shape index (κ3) is 101. The monoisotopic (exact) mass is 1810 g/mol. The highest BCUT2D eigenvalue weighted by Crippen LogP contribution is 2.45. The Morgan fingerprint density at radius 1 is 0.220 bits per heavy atom. The lowest BCUT2D eigenvalue weighted by atomic mass is 10.0. The number of phosphoric acid groups is 2. The number of phosphoric ester groups is 2. The molecule has 0 aliphatic heterocycles. The van der Waals surface area contributed by atoms with E-state index >= 15 is 0 Å². The minimum absolute atomic E-state index is 0.0877. The Balaban J connectivity index is 4.64. The molecule has 5 unspecified atom stereocenters. The van der Waals surface area contributed by atoms with Crippen molar-refractivity contribution in [1.82, 2.24) is 0 Å². The Morgan fingerprint density at radius 3 is 0.622 bits per heavy atom. The molecule has 5 atom stereocenters. The van der Waals surface area contributed by atoms with E-state index in [4.69, 9.17) is 32.3 Å². The van der Waals surface area contributed by atoms with Crippen LogP contribution in [0.5, 0.6) is 0 Å². The van der Waals surface area contributed by atoms with Gasteiger partial charge < -0.3 is 34.2 Å². The fraction of sp³-hybridized carbons (Fsp3) is 0.661. The maximum atomic E-state index is 13.1. The highest BCUT2D eigenvalue weighted by atomic mass is 31.2. The summed E-state index contributed by atoms with van der Waals surface area (Å²) < 4.78 is 61.7. The molecule has 0 saturated carbocycles. The Bertz CT molecular complexity index is 3140. The van der Waals surface area contributed by atoms with E-state index in [2.05, 4.69) is 227 Å². The molecule has 724 valence electrons. The second-order valence-corrected chi connectivity index (χ2v) is 36.0. The van der Waals surface area contributed by atoms with E-state index in [1.54, 1.807) is 0 Å². The number of carbonyl (C=O) groups is 3. The van der Waals surface area contributed by atoms with Crippen molar-refractivity contribution in [2.45, 2.75) is 424 Å². The molecule has 0 aliphatic rings. The summed E-state index contributed by atoms with van der Waals surface area (Å²) in [6, 6.07) is 0. The van der Waals surface area contributed by atoms with Crippen LogP contribution in [0.25, 0.3) is 0 Å². The molecule has 0 aromatic rings. The first-order valence-electron chi connectivity index (χ1n) is 50.4. The third-order valence-electron chi connectivity index (χ3n) is 21.0. The van der Waals surface area contributed by atoms with Crippen molar-refractivity contribution in [2.24, 2.45) is 0 Å². The van der Waals surface area contributed by atoms with E-state index in [0.29, 0.717) is 19.3 Å². The average molecular weight is 1810 g/mol. The van der Waals surface area contributed by atoms with Gasteiger partial charge in [0.25, 0.3) is 0 Å². The molecular formula is C109H182O16P2. The first kappa shape index (κ1) is 121. The smallest absolute Gasteiger partial charge is 0.463 e. The van der Waals surface area contributed by atoms with Gasteiger partial charge in [0.05, 0.1) is 26.4 Å². The number of unbranched alkanes of at least 4 members (excludes halogenated alkanes) is 37. The summed E-state index contributed by atoms with van der Waals surface area (Å²) in [6.07, 6.45) is 134. The first-order valence-corrected chi connectivity index (χ1v) is 53.4. The number of aliphatic hydroxyl groups is 2. The number of esters is 3. The second kappa shape index (κ2) is 99.1. The van der Waals surface area contributed by atoms with Crippen LogP contribution < -0.4 is 0 Å². The Labute approximate surface area is 775 Å². The molecule has 16 nitrogen and oxygen atoms in total. The van der Waals surface area contributed by atoms with E-state index in [9.17, 15) is 43.5 Å². The van der Waals surface area contributed by atoms with E-state index in [1.165, 1.54) is 135 Å². The highest BCUT2D eigenvalue weighted by molar-refractivity contribution is 7.47. The predicted molar refractivity (Wildman–Crippen MR) is 537 cm³/mol. The van der Waals surface area contributed by atoms with Crippen molar-refractivity contribution in [3.05, 3.63) is 207 Å². The molecule has 0 radical (unpaired) electrons. The second-order valence-electron chi connectivity index (χ2n) is 33.1. The fourth-order valence-electron chi connectivity index (χ4n) is 13.5. The minimum atomic E-state index is -4.95. The van der Waals surface area contributed by atoms with Gasteiger partial charge in [0, 0.05) is 19.3 Å². The Morgan fingerprint density at radius 2 is 0.394 bits per heavy atom. The van der Waals surface area contributed by atoms with Crippen LogP contribution in [0.1, 0.15) is 406 Å². The largest absolute Gasteiger partial charge is 0.472 e. The zero-order chi connectivity index (χ0) is 92.1. The molecule has 0 bridgehead atoms. The lowest BCUT2D eigenvalue weighted by Gasteiger charge is -2.21. The van der Waals surface area contributed by atoms with Crippen molar-refractivity contribution < 1.29 is 75.8 Å². The molecule has 0 heterocycles. The van der Waals surface area contributed by atoms with Crippen molar-refractivity contribution in [1.29, 1.82) is 0 Å². The molecule has 18 heteroatoms. The lowest BCUT2D eigenvalue weighted by Crippen LogP contribution is -2.30. The van der Waals surface area contributed by atoms with Crippen molar-refractivity contribution in [3.63, 3.8) is 0 Å². The predicted octanol–water partition coefficient (Wildman–Crippen LogP) is 31.9. The summed E-state index contributed by atoms with van der Waals surface area (Å²) in [6.45, 7) is 2.38. The first-order chi connectivity index (χ1) is 62.2. The summed E-state index contributed by atoms with van der Waals surface area (Å²) in [4.78, 5) is 59.2. The zero-order valence-corrected chi connectivity index (χ0v) is 81.9. The van der Waals surface area contributed by atoms with Crippen LogP contribution in [0.3, 0.4) is 0 Å². The molecule has 127 heavy (non-hydrogen) atoms. The number of carbonyl (C=O) groups excluding carboxylic acids is 3. The minimum Gasteiger partial charge on any atom is -0.463 e. The molecule has 0 aliphatic carbocycles. The molecule has 0 rings (SSSR count). The third-order valence-corrected chi connectivity index (χ3v) is 22.9. The van der Waals surface area contributed by atoms with Crippen LogP contribution in [0.15, 0.2) is 207 Å². The van der Waals surface area contributed by atoms with E-state index in [0.717, 1.165) is 212 Å². The molecule has 0 aromatic heterocycles. The molecular weight excluding hydrogens is 1630 g/mol. The Kier molecular flexibility index (Phi) is 94.6. The van der Waals surface area contributed by atoms with Crippen molar-refractivity contribution in [3.8, 4) is 0 Å². The molecule has 4 N–H and O–H groups in total. The summed E-state index contributed by atoms with van der Waals surface area (Å²) in [7, 11) is -9.83. The standard InChI is InChI=1S/C109H182O16P2/c1-4-7-10-13-16-19-22-25-28-31-34-37-40-43-46-48-50-51-53-55-57-59-62-65-68-71-74-77-80-83-86-89-92-95-107(112)119-98-104(110)99-121-126(115,116)122-100-105(111)101-123-127(117,118)124-103-106(125-109(114)97-94-91-88-85-82-79-76-73-70-67-64-61-56-45-42-39-36-33-30-27-24-21-18-15-12-9-6-3)102-120-108(113)96-93-90-87-84-81-78-75-72-69-66-63-60-58-54-52-49-47-44-41-38-35-32-29-26-23-20-17-14-11-8-5-2/h7-12,16-21,25-30,34-39,43-47,52,54,56,64,67,104-106,110-111H,4-6,13-15,22-24,31-33,40-42,48-51,53,55,57-63,65-66,68-103H2,1-3H3,(H,115,116)(H,117,118)/b10-7-,11-8-,12-9-,19-16-,20-17-,21-18-,28-25-,29-26-,30-27-,37-34-,38-35-,39-36-,46-43-,47-44-,54-52-,56-45-,67-64-. The molecule has 0 saturated heterocycles. The van der Waals surface area contributed by atoms with Gasteiger partial charge >= 0.3 is 33.6 Å². The van der Waals surface area contributed by atoms with Crippen molar-refractivity contribution in [2.75, 3.05) is 39.6 Å². The summed E-state index contributed by atoms with van der Waals surface area (Å²) >= 11 is 0. The van der Waals surface area contributed by atoms with Crippen molar-refractivity contribution >= 4 is 33.6 Å². The molecule has 0 amide bonds. The molecule has 0 fully saturated rings. The normalized spacial score (nSPS) is 14.5. The SMILES string of the molecule is CC/C=C\C/C=C\C/C=C\C/C=C\C/C=C\C/C=C\CCCCCCCCCCCCCCC(=O)OCC(COP(=O)(O)OCC(O)COP(=O)(O)OCC(O)COC(=O)CCCCCCCCCCCCCCCCCCC/C=C\C/C=C\C/C=C\C/C=C\C/C=C\CC)OC(=O)CCCCCCCCCC/C=C\C/C=C\C/C=C\C/C=C\C/C=C\C/C=C\CC. The van der Waals surface area contributed by atoms with Gasteiger partial charge in [0.15, 0.2) is 6.10 Å². The fourth-order valence-corrected chi connectivity index (χ4v) is 15.1. The van der Waals surface area contributed by atoms with Gasteiger partial charge in [-0.25, -0.2) is 9.13 Å². The van der Waals surface area contributed by atoms with Gasteiger partial charge in [-0.05, 0) is 167 Å². The van der Waals surface area contributed by atoms with Gasteiger partial charge in [0.1, 0.15) is 25.4 Å². The van der Waals surface area contributed by atoms with Crippen LogP contribution in [-0.2, 0) is 55.8 Å². The number of ether oxygens (including phenoxy) is 3. The quantitative estimate of drug-likeness (QED) is 0.0146. The summed E-state index contributed by atoms with van der Waals surface area (Å²) in [5, 5.41) is 20.8. The average Bonchev–Trinajstić information content (AvgIpc) is 0.898. The van der Waals surface area contributed by atoms with Gasteiger partial charge in [0.2, 0.25) is 0 Å². The van der Waals surface area contributed by atoms with Crippen LogP contribution in [0.2, 0.25) is 0 Å². The van der Waals surface area contributed by atoms with Gasteiger partial charge in [-0.1, -0.05) is 426 Å². The maximum absolute atomic E-state index is 13.1. The number of aliphatic hydroxyl groups excluding tert-OH is 2. The van der Waals surface area contributed by atoms with Gasteiger partial charge in [-0.3, -0.25) is 32.5 Å². The van der Waals surface area contributed by atoms with Crippen LogP contribution in [-0.4, -0.2) is 95.9 Å². The number of hydrogen-bond acceptors (Lipinski definition) is 14. The summed E-state index contributed by atoms with van der Waals surface area (Å²) in [5.74, 6) is -1.58. The number of hydrogen-bond donors (Lipinski definition) is 4. The lowest BCUT2D eigenvalue weighted by molar-refractivity contribution is -0.161. The zero-order valence-electron chi connectivity index (χ0n) is 80.1. The molecule has 0 spiro atoms. The Hall–Kier alpha value is -5.87. The maximum Gasteiger partial charge on any atom is 0.472 e. The number of allylic oxidation sites excluding steroid dienone is 34. The van der Waals surface area contributed by atoms with E-state index in [1.807, 2.05) is 0 Å². The van der Waals surface area contributed by atoms with E-state index < -0.39 is 91.5 Å². The van der Waals surface area contributed by atoms with Gasteiger partial charge in [-0.15, -0.1) is 0 Å². The van der Waals surface area contributed by atoms with Crippen LogP contribution in [0, 0.1) is 0 Å². The summed E-state index contributed by atoms with van der Waals surface area (Å²) in [5.41, 5.74) is 0. The van der Waals surface area contributed by atoms with Crippen LogP contribution >= 0.6 is 15.6 Å². The van der Waals surface area contributed by atoms with E-state index in [-0.39, 0.29) is 19.3 Å². The van der Waals surface area contributed by atoms with Gasteiger partial charge in [-0.2, -0.15) is 0 Å². The molecule has 0 aromatic carbocycles. The van der Waals surface area contributed by atoms with Crippen LogP contribution in [0.4, 0.5) is 0 Å². The number of rotatable bonds is 94.